The van der Waals surface area contributed by atoms with Gasteiger partial charge in [0.2, 0.25) is 0 Å². The van der Waals surface area contributed by atoms with E-state index >= 15 is 0 Å². The van der Waals surface area contributed by atoms with Gasteiger partial charge >= 0.3 is 0 Å². The fraction of sp³-hybridized carbons (Fsp3) is 0.143. The molecule has 0 aliphatic carbocycles. The quantitative estimate of drug-likeness (QED) is 0.786. The van der Waals surface area contributed by atoms with Crippen LogP contribution >= 0.6 is 0 Å². The molecule has 1 atom stereocenters. The Hall–Kier alpha value is -1.60. The Morgan fingerprint density at radius 1 is 0.800 bits per heavy atom. The number of hydrogen-bond acceptors (Lipinski definition) is 1. The summed E-state index contributed by atoms with van der Waals surface area (Å²) in [5.41, 5.74) is 3.08. The molecule has 1 unspecified atom stereocenters. The summed E-state index contributed by atoms with van der Waals surface area (Å²) in [5, 5.41) is 10.1. The molecule has 2 aromatic carbocycles. The van der Waals surface area contributed by atoms with E-state index in [2.05, 4.69) is 0 Å². The highest BCUT2D eigenvalue weighted by atomic mass is 16.3. The lowest BCUT2D eigenvalue weighted by Gasteiger charge is -2.11. The Morgan fingerprint density at radius 2 is 1.33 bits per heavy atom. The first kappa shape index (κ1) is 9.94. The molecule has 0 saturated carbocycles. The number of aliphatic hydroxyl groups excluding tert-OH is 1. The van der Waals surface area contributed by atoms with Crippen molar-refractivity contribution in [3.05, 3.63) is 71.3 Å². The summed E-state index contributed by atoms with van der Waals surface area (Å²) in [6.45, 7) is 2.04. The van der Waals surface area contributed by atoms with Crippen LogP contribution in [-0.2, 0) is 0 Å². The Labute approximate surface area is 90.0 Å². The highest BCUT2D eigenvalue weighted by molar-refractivity contribution is 5.31. The number of hydrogen-bond donors (Lipinski definition) is 1. The summed E-state index contributed by atoms with van der Waals surface area (Å²) < 4.78 is 0. The predicted molar refractivity (Wildman–Crippen MR) is 61.7 cm³/mol. The van der Waals surface area contributed by atoms with Crippen molar-refractivity contribution < 1.29 is 5.11 Å². The summed E-state index contributed by atoms with van der Waals surface area (Å²) in [4.78, 5) is 0. The maximum absolute atomic E-state index is 10.1. The van der Waals surface area contributed by atoms with E-state index in [0.717, 1.165) is 11.1 Å². The lowest BCUT2D eigenvalue weighted by molar-refractivity contribution is 0.220. The Morgan fingerprint density at radius 3 is 1.93 bits per heavy atom. The van der Waals surface area contributed by atoms with Crippen molar-refractivity contribution in [1.82, 2.24) is 0 Å². The Bertz CT molecular complexity index is 417. The second kappa shape index (κ2) is 4.28. The molecular weight excluding hydrogens is 184 g/mol. The number of aryl methyl sites for hydroxylation is 1. The molecule has 0 saturated heterocycles. The lowest BCUT2D eigenvalue weighted by atomic mass is 10.0. The SMILES string of the molecule is Cc1ccc(C(O)c2ccccc2)cc1. The summed E-state index contributed by atoms with van der Waals surface area (Å²) in [6.07, 6.45) is -0.521. The van der Waals surface area contributed by atoms with Crippen LogP contribution < -0.4 is 0 Å². The molecule has 2 aromatic rings. The molecule has 1 N–H and O–H groups in total. The van der Waals surface area contributed by atoms with E-state index in [0.29, 0.717) is 0 Å². The molecule has 1 heteroatoms. The molecule has 1 nitrogen and oxygen atoms in total. The van der Waals surface area contributed by atoms with Crippen molar-refractivity contribution in [2.45, 2.75) is 13.0 Å². The summed E-state index contributed by atoms with van der Waals surface area (Å²) >= 11 is 0. The molecule has 0 spiro atoms. The molecule has 0 heterocycles. The van der Waals surface area contributed by atoms with Crippen molar-refractivity contribution in [3.8, 4) is 0 Å². The number of rotatable bonds is 2. The molecule has 0 amide bonds. The van der Waals surface area contributed by atoms with E-state index < -0.39 is 6.10 Å². The van der Waals surface area contributed by atoms with Crippen LogP contribution in [0.3, 0.4) is 0 Å². The van der Waals surface area contributed by atoms with Gasteiger partial charge in [-0.3, -0.25) is 0 Å². The zero-order chi connectivity index (χ0) is 10.7. The molecule has 0 aromatic heterocycles. The third kappa shape index (κ3) is 2.25. The third-order valence-corrected chi connectivity index (χ3v) is 2.51. The summed E-state index contributed by atoms with van der Waals surface area (Å²) in [5.74, 6) is 0. The maximum atomic E-state index is 10.1. The molecule has 2 rings (SSSR count). The van der Waals surface area contributed by atoms with Crippen molar-refractivity contribution >= 4 is 0 Å². The molecule has 0 bridgehead atoms. The maximum Gasteiger partial charge on any atom is 0.104 e. The van der Waals surface area contributed by atoms with Crippen LogP contribution in [0.1, 0.15) is 22.8 Å². The van der Waals surface area contributed by atoms with Gasteiger partial charge in [0.15, 0.2) is 0 Å². The number of aliphatic hydroxyl groups is 1. The molecular formula is C14H14O. The first-order chi connectivity index (χ1) is 7.27. The van der Waals surface area contributed by atoms with Crippen molar-refractivity contribution in [2.75, 3.05) is 0 Å². The van der Waals surface area contributed by atoms with E-state index in [1.54, 1.807) is 0 Å². The standard InChI is InChI=1S/C14H14O/c1-11-7-9-13(10-8-11)14(15)12-5-3-2-4-6-12/h2-10,14-15H,1H3. The monoisotopic (exact) mass is 198 g/mol. The lowest BCUT2D eigenvalue weighted by Crippen LogP contribution is -1.98. The summed E-state index contributed by atoms with van der Waals surface area (Å²) in [6, 6.07) is 17.7. The molecule has 15 heavy (non-hydrogen) atoms. The normalized spacial score (nSPS) is 12.4. The summed E-state index contributed by atoms with van der Waals surface area (Å²) in [7, 11) is 0. The molecule has 0 fully saturated rings. The predicted octanol–water partition coefficient (Wildman–Crippen LogP) is 3.08. The largest absolute Gasteiger partial charge is 0.384 e. The van der Waals surface area contributed by atoms with Gasteiger partial charge in [0.25, 0.3) is 0 Å². The van der Waals surface area contributed by atoms with Gasteiger partial charge in [0.1, 0.15) is 6.10 Å². The fourth-order valence-corrected chi connectivity index (χ4v) is 1.58. The van der Waals surface area contributed by atoms with Crippen molar-refractivity contribution in [2.24, 2.45) is 0 Å². The van der Waals surface area contributed by atoms with Crippen LogP contribution in [0.5, 0.6) is 0 Å². The van der Waals surface area contributed by atoms with Gasteiger partial charge in [-0.25, -0.2) is 0 Å². The van der Waals surface area contributed by atoms with Gasteiger partial charge in [0.05, 0.1) is 0 Å². The van der Waals surface area contributed by atoms with Crippen LogP contribution in [0.25, 0.3) is 0 Å². The van der Waals surface area contributed by atoms with Gasteiger partial charge in [-0.15, -0.1) is 0 Å². The van der Waals surface area contributed by atoms with Gasteiger partial charge in [-0.05, 0) is 18.1 Å². The second-order valence-corrected chi connectivity index (χ2v) is 3.72. The highest BCUT2D eigenvalue weighted by Gasteiger charge is 2.08. The first-order valence-electron chi connectivity index (χ1n) is 5.07. The molecule has 0 radical (unpaired) electrons. The minimum absolute atomic E-state index is 0.521. The van der Waals surface area contributed by atoms with E-state index in [1.165, 1.54) is 5.56 Å². The Balaban J connectivity index is 2.29. The van der Waals surface area contributed by atoms with E-state index in [-0.39, 0.29) is 0 Å². The van der Waals surface area contributed by atoms with Crippen molar-refractivity contribution in [3.63, 3.8) is 0 Å². The van der Waals surface area contributed by atoms with Crippen LogP contribution in [0.15, 0.2) is 54.6 Å². The van der Waals surface area contributed by atoms with Crippen LogP contribution in [0.4, 0.5) is 0 Å². The van der Waals surface area contributed by atoms with Gasteiger partial charge in [0, 0.05) is 0 Å². The topological polar surface area (TPSA) is 20.2 Å². The first-order valence-corrected chi connectivity index (χ1v) is 5.07. The zero-order valence-electron chi connectivity index (χ0n) is 8.72. The zero-order valence-corrected chi connectivity index (χ0v) is 8.72. The van der Waals surface area contributed by atoms with Crippen LogP contribution in [-0.4, -0.2) is 5.11 Å². The van der Waals surface area contributed by atoms with Crippen LogP contribution in [0, 0.1) is 6.92 Å². The van der Waals surface area contributed by atoms with Crippen LogP contribution in [0.2, 0.25) is 0 Å². The highest BCUT2D eigenvalue weighted by Crippen LogP contribution is 2.21. The second-order valence-electron chi connectivity index (χ2n) is 3.72. The molecule has 0 aliphatic heterocycles. The van der Waals surface area contributed by atoms with Crippen molar-refractivity contribution in [1.29, 1.82) is 0 Å². The van der Waals surface area contributed by atoms with Gasteiger partial charge in [-0.1, -0.05) is 60.2 Å². The minimum atomic E-state index is -0.521. The minimum Gasteiger partial charge on any atom is -0.384 e. The van der Waals surface area contributed by atoms with E-state index in [9.17, 15) is 5.11 Å². The average molecular weight is 198 g/mol. The van der Waals surface area contributed by atoms with Gasteiger partial charge < -0.3 is 5.11 Å². The Kier molecular flexibility index (Phi) is 2.84. The average Bonchev–Trinajstić information content (AvgIpc) is 2.30. The third-order valence-electron chi connectivity index (χ3n) is 2.51. The molecule has 76 valence electrons. The smallest absolute Gasteiger partial charge is 0.104 e. The van der Waals surface area contributed by atoms with Gasteiger partial charge in [-0.2, -0.15) is 0 Å². The van der Waals surface area contributed by atoms with E-state index in [1.807, 2.05) is 61.5 Å². The van der Waals surface area contributed by atoms with E-state index in [4.69, 9.17) is 0 Å². The number of benzene rings is 2. The molecule has 0 aliphatic rings. The fourth-order valence-electron chi connectivity index (χ4n) is 1.58.